The van der Waals surface area contributed by atoms with Crippen molar-refractivity contribution in [1.29, 1.82) is 0 Å². The van der Waals surface area contributed by atoms with Crippen LogP contribution in [0.15, 0.2) is 73.1 Å². The average molecular weight is 353 g/mol. The van der Waals surface area contributed by atoms with Crippen molar-refractivity contribution in [2.24, 2.45) is 0 Å². The van der Waals surface area contributed by atoms with Crippen LogP contribution in [-0.4, -0.2) is 21.5 Å². The smallest absolute Gasteiger partial charge is 0.229 e. The summed E-state index contributed by atoms with van der Waals surface area (Å²) in [5.74, 6) is 1.49. The topological polar surface area (TPSA) is 53.9 Å². The number of anilines is 4. The predicted molar refractivity (Wildman–Crippen MR) is 109 cm³/mol. The number of aromatic nitrogens is 3. The molecular weight excluding hydrogens is 334 g/mol. The normalized spacial score (nSPS) is 13.4. The van der Waals surface area contributed by atoms with Crippen LogP contribution in [0.1, 0.15) is 12.0 Å². The molecule has 4 aromatic rings. The number of hydrogen-bond acceptors (Lipinski definition) is 5. The van der Waals surface area contributed by atoms with Gasteiger partial charge in [0.2, 0.25) is 5.95 Å². The van der Waals surface area contributed by atoms with Crippen molar-refractivity contribution in [3.05, 3.63) is 78.6 Å². The number of aryl methyl sites for hydroxylation is 1. The minimum Gasteiger partial charge on any atom is -0.326 e. The van der Waals surface area contributed by atoms with Crippen LogP contribution in [0.2, 0.25) is 0 Å². The van der Waals surface area contributed by atoms with Gasteiger partial charge in [0.25, 0.3) is 0 Å². The lowest BCUT2D eigenvalue weighted by atomic mass is 10.0. The Bertz CT molecular complexity index is 1100. The van der Waals surface area contributed by atoms with Crippen molar-refractivity contribution >= 4 is 34.0 Å². The zero-order valence-electron chi connectivity index (χ0n) is 14.8. The minimum atomic E-state index is 0.578. The fourth-order valence-corrected chi connectivity index (χ4v) is 3.66. The van der Waals surface area contributed by atoms with E-state index in [0.717, 1.165) is 41.8 Å². The molecule has 0 bridgehead atoms. The number of benzene rings is 2. The number of pyridine rings is 1. The zero-order valence-corrected chi connectivity index (χ0v) is 14.8. The first-order chi connectivity index (χ1) is 13.4. The highest BCUT2D eigenvalue weighted by Crippen LogP contribution is 2.32. The lowest BCUT2D eigenvalue weighted by Crippen LogP contribution is -2.25. The predicted octanol–water partition coefficient (Wildman–Crippen LogP) is 4.85. The Balaban J connectivity index is 1.50. The maximum atomic E-state index is 4.77. The van der Waals surface area contributed by atoms with Crippen molar-refractivity contribution in [3.8, 4) is 0 Å². The van der Waals surface area contributed by atoms with E-state index in [1.807, 2.05) is 24.3 Å². The molecule has 5 nitrogen and oxygen atoms in total. The molecule has 27 heavy (non-hydrogen) atoms. The van der Waals surface area contributed by atoms with Gasteiger partial charge in [-0.05, 0) is 42.7 Å². The summed E-state index contributed by atoms with van der Waals surface area (Å²) < 4.78 is 0. The minimum absolute atomic E-state index is 0.578. The molecule has 0 amide bonds. The van der Waals surface area contributed by atoms with Gasteiger partial charge in [-0.15, -0.1) is 0 Å². The van der Waals surface area contributed by atoms with E-state index in [1.54, 1.807) is 12.4 Å². The van der Waals surface area contributed by atoms with Gasteiger partial charge in [-0.25, -0.2) is 4.98 Å². The lowest BCUT2D eigenvalue weighted by molar-refractivity contribution is 0.759. The van der Waals surface area contributed by atoms with Gasteiger partial charge < -0.3 is 10.2 Å². The molecule has 0 atom stereocenters. The average Bonchev–Trinajstić information content (AvgIpc) is 2.74. The van der Waals surface area contributed by atoms with Crippen molar-refractivity contribution in [3.63, 3.8) is 0 Å². The Labute approximate surface area is 157 Å². The lowest BCUT2D eigenvalue weighted by Gasteiger charge is -2.30. The molecule has 132 valence electrons. The number of nitrogens with zero attached hydrogens (tertiary/aromatic N) is 4. The van der Waals surface area contributed by atoms with Crippen LogP contribution in [0.25, 0.3) is 10.9 Å². The van der Waals surface area contributed by atoms with E-state index in [1.165, 1.54) is 11.3 Å². The number of nitrogens with one attached hydrogen (secondary N) is 1. The van der Waals surface area contributed by atoms with E-state index in [4.69, 9.17) is 4.98 Å². The van der Waals surface area contributed by atoms with Crippen LogP contribution in [0.5, 0.6) is 0 Å². The fraction of sp³-hybridized carbons (Fsp3) is 0.136. The highest BCUT2D eigenvalue weighted by atomic mass is 15.2. The number of fused-ring (bicyclic) bond motifs is 2. The summed E-state index contributed by atoms with van der Waals surface area (Å²) in [6.45, 7) is 0.962. The maximum Gasteiger partial charge on any atom is 0.229 e. The van der Waals surface area contributed by atoms with Gasteiger partial charge in [0.05, 0.1) is 11.2 Å². The largest absolute Gasteiger partial charge is 0.326 e. The maximum absolute atomic E-state index is 4.77. The molecule has 0 saturated carbocycles. The van der Waals surface area contributed by atoms with Gasteiger partial charge in [0.15, 0.2) is 0 Å². The molecular formula is C22H19N5. The Kier molecular flexibility index (Phi) is 3.90. The third-order valence-electron chi connectivity index (χ3n) is 4.91. The van der Waals surface area contributed by atoms with Crippen molar-refractivity contribution in [1.82, 2.24) is 15.0 Å². The van der Waals surface area contributed by atoms with Gasteiger partial charge in [0.1, 0.15) is 5.82 Å². The molecule has 0 unspecified atom stereocenters. The van der Waals surface area contributed by atoms with E-state index in [9.17, 15) is 0 Å². The Hall–Kier alpha value is -3.47. The van der Waals surface area contributed by atoms with Gasteiger partial charge in [-0.1, -0.05) is 36.4 Å². The second-order valence-electron chi connectivity index (χ2n) is 6.63. The highest BCUT2D eigenvalue weighted by Gasteiger charge is 2.19. The van der Waals surface area contributed by atoms with E-state index in [2.05, 4.69) is 56.6 Å². The molecule has 5 rings (SSSR count). The number of para-hydroxylation sites is 2. The first-order valence-electron chi connectivity index (χ1n) is 9.18. The first-order valence-corrected chi connectivity index (χ1v) is 9.18. The third kappa shape index (κ3) is 2.97. The molecule has 1 aliphatic heterocycles. The molecule has 0 spiro atoms. The monoisotopic (exact) mass is 353 g/mol. The molecule has 1 aliphatic rings. The van der Waals surface area contributed by atoms with Crippen molar-refractivity contribution in [2.45, 2.75) is 12.8 Å². The molecule has 0 radical (unpaired) electrons. The number of rotatable bonds is 3. The summed E-state index contributed by atoms with van der Waals surface area (Å²) >= 11 is 0. The summed E-state index contributed by atoms with van der Waals surface area (Å²) in [7, 11) is 0. The van der Waals surface area contributed by atoms with Gasteiger partial charge >= 0.3 is 0 Å². The Morgan fingerprint density at radius 3 is 2.78 bits per heavy atom. The van der Waals surface area contributed by atoms with E-state index in [0.29, 0.717) is 5.95 Å². The summed E-state index contributed by atoms with van der Waals surface area (Å²) in [6, 6.07) is 20.6. The first kappa shape index (κ1) is 15.8. The van der Waals surface area contributed by atoms with Crippen LogP contribution in [0, 0.1) is 0 Å². The molecule has 2 aromatic heterocycles. The fourth-order valence-electron chi connectivity index (χ4n) is 3.66. The van der Waals surface area contributed by atoms with Crippen molar-refractivity contribution < 1.29 is 0 Å². The SMILES string of the molecule is c1ccc2c(c1)CCCN2c1ccnc(Nc2cccc3cccnc23)n1. The van der Waals surface area contributed by atoms with Gasteiger partial charge in [0, 0.05) is 30.0 Å². The van der Waals surface area contributed by atoms with Crippen LogP contribution in [0.4, 0.5) is 23.1 Å². The standard InChI is InChI=1S/C22H19N5/c1-2-11-19-16(6-1)9-5-15-27(19)20-12-14-24-22(26-20)25-18-10-3-7-17-8-4-13-23-21(17)18/h1-4,6-8,10-14H,5,9,15H2,(H,24,25,26). The van der Waals surface area contributed by atoms with Gasteiger partial charge in [-0.3, -0.25) is 4.98 Å². The summed E-state index contributed by atoms with van der Waals surface area (Å²) in [6.07, 6.45) is 5.84. The van der Waals surface area contributed by atoms with Crippen LogP contribution in [0.3, 0.4) is 0 Å². The molecule has 5 heteroatoms. The van der Waals surface area contributed by atoms with E-state index < -0.39 is 0 Å². The zero-order chi connectivity index (χ0) is 18.1. The molecule has 2 aromatic carbocycles. The van der Waals surface area contributed by atoms with E-state index >= 15 is 0 Å². The van der Waals surface area contributed by atoms with Gasteiger partial charge in [-0.2, -0.15) is 4.98 Å². The number of hydrogen-bond donors (Lipinski definition) is 1. The quantitative estimate of drug-likeness (QED) is 0.570. The Morgan fingerprint density at radius 1 is 0.852 bits per heavy atom. The second-order valence-corrected chi connectivity index (χ2v) is 6.63. The Morgan fingerprint density at radius 2 is 1.78 bits per heavy atom. The summed E-state index contributed by atoms with van der Waals surface area (Å²) in [5, 5.41) is 4.43. The van der Waals surface area contributed by atoms with Crippen LogP contribution >= 0.6 is 0 Å². The molecule has 1 N–H and O–H groups in total. The molecule has 0 aliphatic carbocycles. The van der Waals surface area contributed by atoms with Crippen molar-refractivity contribution in [2.75, 3.05) is 16.8 Å². The highest BCUT2D eigenvalue weighted by molar-refractivity contribution is 5.91. The molecule has 3 heterocycles. The molecule has 0 fully saturated rings. The summed E-state index contributed by atoms with van der Waals surface area (Å²) in [4.78, 5) is 16.0. The summed E-state index contributed by atoms with van der Waals surface area (Å²) in [5.41, 5.74) is 4.43. The second kappa shape index (κ2) is 6.68. The van der Waals surface area contributed by atoms with Crippen LogP contribution < -0.4 is 10.2 Å². The van der Waals surface area contributed by atoms with Crippen LogP contribution in [-0.2, 0) is 6.42 Å². The molecule has 0 saturated heterocycles. The van der Waals surface area contributed by atoms with E-state index in [-0.39, 0.29) is 0 Å². The third-order valence-corrected chi connectivity index (χ3v) is 4.91.